The van der Waals surface area contributed by atoms with Crippen LogP contribution < -0.4 is 5.19 Å². The number of carbonyl (C=O) groups excluding carboxylic acids is 2. The molecule has 3 aromatic carbocycles. The molecule has 1 saturated heterocycles. The Morgan fingerprint density at radius 3 is 2.05 bits per heavy atom. The molecule has 0 bridgehead atoms. The number of hydrogen-bond acceptors (Lipinski definition) is 4. The van der Waals surface area contributed by atoms with E-state index in [2.05, 4.69) is 31.8 Å². The number of amides is 1. The first-order valence-corrected chi connectivity index (χ1v) is 16.4. The van der Waals surface area contributed by atoms with Crippen LogP contribution in [-0.2, 0) is 20.7 Å². The molecule has 0 saturated carbocycles. The highest BCUT2D eigenvalue weighted by Gasteiger charge is 2.49. The molecule has 1 aliphatic heterocycles. The Morgan fingerprint density at radius 1 is 0.892 bits per heavy atom. The van der Waals surface area contributed by atoms with E-state index in [4.69, 9.17) is 9.47 Å². The van der Waals surface area contributed by atoms with E-state index in [1.54, 1.807) is 4.90 Å². The van der Waals surface area contributed by atoms with Crippen LogP contribution >= 0.6 is 0 Å². The first-order chi connectivity index (χ1) is 17.4. The van der Waals surface area contributed by atoms with Gasteiger partial charge in [0, 0.05) is 6.42 Å². The highest BCUT2D eigenvalue weighted by molar-refractivity contribution is 6.88. The van der Waals surface area contributed by atoms with Crippen LogP contribution in [0.4, 0.5) is 4.79 Å². The van der Waals surface area contributed by atoms with Crippen LogP contribution in [-0.4, -0.2) is 36.7 Å². The maximum Gasteiger partial charge on any atom is 0.411 e. The van der Waals surface area contributed by atoms with Gasteiger partial charge in [-0.15, -0.1) is 0 Å². The summed E-state index contributed by atoms with van der Waals surface area (Å²) in [6.45, 7) is 12.4. The summed E-state index contributed by atoms with van der Waals surface area (Å²) in [6, 6.07) is 26.4. The minimum atomic E-state index is -1.56. The fraction of sp³-hybridized carbons (Fsp3) is 0.355. The van der Waals surface area contributed by atoms with E-state index in [0.717, 1.165) is 16.7 Å². The maximum atomic E-state index is 13.8. The van der Waals surface area contributed by atoms with Crippen LogP contribution in [0.15, 0.2) is 84.9 Å². The van der Waals surface area contributed by atoms with Gasteiger partial charge in [0.25, 0.3) is 0 Å². The first-order valence-electron chi connectivity index (χ1n) is 12.9. The van der Waals surface area contributed by atoms with Gasteiger partial charge in [0.1, 0.15) is 17.7 Å². The van der Waals surface area contributed by atoms with Gasteiger partial charge in [0.15, 0.2) is 6.10 Å². The zero-order chi connectivity index (χ0) is 26.8. The molecular formula is C31H37NO4Si. The molecule has 0 radical (unpaired) electrons. The van der Waals surface area contributed by atoms with E-state index >= 15 is 0 Å². The molecule has 1 heterocycles. The number of hydrogen-bond donors (Lipinski definition) is 0. The zero-order valence-electron chi connectivity index (χ0n) is 22.6. The Bertz CT molecular complexity index is 1230. The lowest BCUT2D eigenvalue weighted by molar-refractivity contribution is -0.174. The average molecular weight is 516 g/mol. The molecule has 0 N–H and O–H groups in total. The minimum absolute atomic E-state index is 0.348. The standard InChI is InChI=1S/C31H37NO4Si/c1-31(2,3)36-30(34)32-26(21-22-14-13-19-25(20-22)37(4,5)6)29(33)35-28(24-17-11-8-12-18-24)27(32)23-15-9-7-10-16-23/h7-20,26-28H,21H2,1-6H3/t26-,27-,28+/m0/s1. The number of cyclic esters (lactones) is 1. The number of ether oxygens (including phenoxy) is 2. The molecular weight excluding hydrogens is 478 g/mol. The Morgan fingerprint density at radius 2 is 1.49 bits per heavy atom. The summed E-state index contributed by atoms with van der Waals surface area (Å²) in [5.41, 5.74) is 2.00. The van der Waals surface area contributed by atoms with Crippen molar-refractivity contribution in [3.63, 3.8) is 0 Å². The van der Waals surface area contributed by atoms with E-state index in [1.165, 1.54) is 5.19 Å². The lowest BCUT2D eigenvalue weighted by atomic mass is 9.90. The smallest absolute Gasteiger partial charge is 0.411 e. The molecule has 0 aromatic heterocycles. The third kappa shape index (κ3) is 6.31. The quantitative estimate of drug-likeness (QED) is 0.291. The van der Waals surface area contributed by atoms with Gasteiger partial charge in [-0.05, 0) is 37.5 Å². The molecule has 0 unspecified atom stereocenters. The number of nitrogens with zero attached hydrogens (tertiary/aromatic N) is 1. The number of rotatable bonds is 5. The van der Waals surface area contributed by atoms with Gasteiger partial charge in [-0.25, -0.2) is 9.59 Å². The molecule has 0 aliphatic carbocycles. The fourth-order valence-corrected chi connectivity index (χ4v) is 5.94. The molecule has 194 valence electrons. The summed E-state index contributed by atoms with van der Waals surface area (Å²) in [5, 5.41) is 1.31. The average Bonchev–Trinajstić information content (AvgIpc) is 2.84. The molecule has 37 heavy (non-hydrogen) atoms. The summed E-state index contributed by atoms with van der Waals surface area (Å²) in [6.07, 6.45) is -0.834. The van der Waals surface area contributed by atoms with Gasteiger partial charge in [-0.2, -0.15) is 0 Å². The predicted molar refractivity (Wildman–Crippen MR) is 149 cm³/mol. The first kappa shape index (κ1) is 26.7. The van der Waals surface area contributed by atoms with E-state index in [0.29, 0.717) is 6.42 Å². The number of morpholine rings is 1. The van der Waals surface area contributed by atoms with Gasteiger partial charge in [-0.3, -0.25) is 4.90 Å². The molecule has 1 aliphatic rings. The highest BCUT2D eigenvalue weighted by atomic mass is 28.3. The lowest BCUT2D eigenvalue weighted by Crippen LogP contribution is -2.56. The second-order valence-corrected chi connectivity index (χ2v) is 16.8. The topological polar surface area (TPSA) is 55.8 Å². The summed E-state index contributed by atoms with van der Waals surface area (Å²) in [7, 11) is -1.56. The van der Waals surface area contributed by atoms with Crippen molar-refractivity contribution >= 4 is 25.3 Å². The Kier molecular flexibility index (Phi) is 7.60. The largest absolute Gasteiger partial charge is 0.453 e. The Hall–Kier alpha value is -3.38. The minimum Gasteiger partial charge on any atom is -0.453 e. The summed E-state index contributed by atoms with van der Waals surface area (Å²) in [5.74, 6) is -0.426. The molecule has 3 aromatic rings. The van der Waals surface area contributed by atoms with Crippen molar-refractivity contribution in [3.8, 4) is 0 Å². The highest BCUT2D eigenvalue weighted by Crippen LogP contribution is 2.43. The van der Waals surface area contributed by atoms with E-state index in [-0.39, 0.29) is 0 Å². The van der Waals surface area contributed by atoms with Crippen molar-refractivity contribution in [2.75, 3.05) is 0 Å². The van der Waals surface area contributed by atoms with Crippen LogP contribution in [0.3, 0.4) is 0 Å². The van der Waals surface area contributed by atoms with Gasteiger partial charge in [0.05, 0.1) is 8.07 Å². The molecule has 4 rings (SSSR count). The second-order valence-electron chi connectivity index (χ2n) is 11.7. The van der Waals surface area contributed by atoms with Gasteiger partial charge < -0.3 is 9.47 Å². The van der Waals surface area contributed by atoms with Crippen molar-refractivity contribution in [1.29, 1.82) is 0 Å². The third-order valence-electron chi connectivity index (χ3n) is 6.53. The van der Waals surface area contributed by atoms with Crippen LogP contribution in [0.1, 0.15) is 49.6 Å². The van der Waals surface area contributed by atoms with Crippen molar-refractivity contribution in [3.05, 3.63) is 102 Å². The number of esters is 1. The summed E-state index contributed by atoms with van der Waals surface area (Å²) < 4.78 is 12.0. The third-order valence-corrected chi connectivity index (χ3v) is 8.58. The van der Waals surface area contributed by atoms with Crippen LogP contribution in [0.2, 0.25) is 19.6 Å². The molecule has 1 fully saturated rings. The second kappa shape index (κ2) is 10.5. The Balaban J connectivity index is 1.82. The van der Waals surface area contributed by atoms with Crippen LogP contribution in [0.5, 0.6) is 0 Å². The SMILES string of the molecule is CC(C)(C)OC(=O)N1[C@@H](Cc2cccc([Si](C)(C)C)c2)C(=O)O[C@H](c2ccccc2)[C@@H]1c1ccccc1. The number of benzene rings is 3. The molecule has 5 nitrogen and oxygen atoms in total. The monoisotopic (exact) mass is 515 g/mol. The van der Waals surface area contributed by atoms with Crippen molar-refractivity contribution < 1.29 is 19.1 Å². The predicted octanol–water partition coefficient (Wildman–Crippen LogP) is 6.42. The Labute approximate surface area is 221 Å². The molecule has 3 atom stereocenters. The van der Waals surface area contributed by atoms with E-state index in [1.807, 2.05) is 93.6 Å². The molecule has 1 amide bonds. The van der Waals surface area contributed by atoms with Crippen LogP contribution in [0.25, 0.3) is 0 Å². The molecule has 6 heteroatoms. The normalized spacial score (nSPS) is 20.3. The van der Waals surface area contributed by atoms with E-state index in [9.17, 15) is 9.59 Å². The van der Waals surface area contributed by atoms with Crippen molar-refractivity contribution in [2.45, 2.75) is 70.6 Å². The van der Waals surface area contributed by atoms with Crippen molar-refractivity contribution in [2.24, 2.45) is 0 Å². The van der Waals surface area contributed by atoms with Crippen molar-refractivity contribution in [1.82, 2.24) is 4.90 Å². The fourth-order valence-electron chi connectivity index (χ4n) is 4.73. The van der Waals surface area contributed by atoms with Crippen LogP contribution in [0, 0.1) is 0 Å². The molecule has 0 spiro atoms. The zero-order valence-corrected chi connectivity index (χ0v) is 23.6. The summed E-state index contributed by atoms with van der Waals surface area (Å²) >= 11 is 0. The van der Waals surface area contributed by atoms with E-state index < -0.39 is 43.9 Å². The number of carbonyl (C=O) groups is 2. The van der Waals surface area contributed by atoms with Gasteiger partial charge in [-0.1, -0.05) is 110 Å². The van der Waals surface area contributed by atoms with Gasteiger partial charge in [0.2, 0.25) is 0 Å². The lowest BCUT2D eigenvalue weighted by Gasteiger charge is -2.45. The maximum absolute atomic E-state index is 13.8. The summed E-state index contributed by atoms with van der Waals surface area (Å²) in [4.78, 5) is 29.1. The van der Waals surface area contributed by atoms with Gasteiger partial charge >= 0.3 is 12.1 Å².